The molecule has 12 rings (SSSR count). The van der Waals surface area contributed by atoms with Gasteiger partial charge in [-0.2, -0.15) is 0 Å². The molecule has 0 unspecified atom stereocenters. The fraction of sp³-hybridized carbons (Fsp3) is 0. The maximum absolute atomic E-state index is 5.25. The van der Waals surface area contributed by atoms with Gasteiger partial charge in [0.1, 0.15) is 0 Å². The predicted molar refractivity (Wildman–Crippen MR) is 221 cm³/mol. The summed E-state index contributed by atoms with van der Waals surface area (Å²) in [6.45, 7) is 0. The van der Waals surface area contributed by atoms with Crippen molar-refractivity contribution in [3.8, 4) is 34.0 Å². The molecule has 0 spiro atoms. The van der Waals surface area contributed by atoms with Crippen LogP contribution in [0.2, 0.25) is 0 Å². The molecule has 246 valence electrons. The van der Waals surface area contributed by atoms with E-state index in [0.717, 1.165) is 44.9 Å². The Morgan fingerprint density at radius 3 is 1.62 bits per heavy atom. The van der Waals surface area contributed by atoms with E-state index in [1.165, 1.54) is 64.2 Å². The molecule has 0 bridgehead atoms. The van der Waals surface area contributed by atoms with Crippen LogP contribution in [-0.4, -0.2) is 19.1 Å². The first-order valence-corrected chi connectivity index (χ1v) is 18.7. The van der Waals surface area contributed by atoms with Gasteiger partial charge in [-0.05, 0) is 77.5 Å². The Balaban J connectivity index is 1.16. The second-order valence-electron chi connectivity index (χ2n) is 13.7. The molecule has 0 saturated carbocycles. The van der Waals surface area contributed by atoms with Crippen LogP contribution in [0.25, 0.3) is 99.3 Å². The van der Waals surface area contributed by atoms with Crippen molar-refractivity contribution in [2.45, 2.75) is 9.79 Å². The van der Waals surface area contributed by atoms with Crippen LogP contribution in [0.4, 0.5) is 0 Å². The minimum absolute atomic E-state index is 0.734. The Morgan fingerprint density at radius 1 is 0.396 bits per heavy atom. The quantitative estimate of drug-likeness (QED) is 0.185. The van der Waals surface area contributed by atoms with Crippen LogP contribution in [0.15, 0.2) is 180 Å². The largest absolute Gasteiger partial charge is 0.307 e. The van der Waals surface area contributed by atoms with Gasteiger partial charge in [-0.15, -0.1) is 0 Å². The zero-order valence-electron chi connectivity index (χ0n) is 28.4. The molecule has 0 radical (unpaired) electrons. The van der Waals surface area contributed by atoms with Crippen molar-refractivity contribution in [1.82, 2.24) is 19.1 Å². The van der Waals surface area contributed by atoms with Crippen molar-refractivity contribution in [2.75, 3.05) is 0 Å². The zero-order valence-corrected chi connectivity index (χ0v) is 29.2. The molecule has 11 aromatic rings. The van der Waals surface area contributed by atoms with Crippen LogP contribution in [-0.2, 0) is 0 Å². The van der Waals surface area contributed by atoms with Crippen LogP contribution in [0.3, 0.4) is 0 Å². The van der Waals surface area contributed by atoms with E-state index in [1.807, 2.05) is 0 Å². The molecule has 0 fully saturated rings. The fourth-order valence-corrected chi connectivity index (χ4v) is 9.80. The molecule has 3 aromatic heterocycles. The van der Waals surface area contributed by atoms with Crippen molar-refractivity contribution in [3.63, 3.8) is 0 Å². The minimum Gasteiger partial charge on any atom is -0.307 e. The lowest BCUT2D eigenvalue weighted by atomic mass is 9.98. The maximum atomic E-state index is 5.25. The summed E-state index contributed by atoms with van der Waals surface area (Å²) in [5.74, 6) is 0.734. The number of hydrogen-bond donors (Lipinski definition) is 0. The van der Waals surface area contributed by atoms with Crippen molar-refractivity contribution < 1.29 is 0 Å². The first-order chi connectivity index (χ1) is 26.3. The molecule has 0 amide bonds. The maximum Gasteiger partial charge on any atom is 0.160 e. The van der Waals surface area contributed by atoms with Crippen LogP contribution < -0.4 is 0 Å². The molecule has 4 heterocycles. The van der Waals surface area contributed by atoms with Crippen molar-refractivity contribution in [1.29, 1.82) is 0 Å². The highest BCUT2D eigenvalue weighted by Gasteiger charge is 2.25. The van der Waals surface area contributed by atoms with Gasteiger partial charge in [-0.25, -0.2) is 9.97 Å². The van der Waals surface area contributed by atoms with Crippen molar-refractivity contribution >= 4 is 77.0 Å². The van der Waals surface area contributed by atoms with Gasteiger partial charge >= 0.3 is 0 Å². The number of benzene rings is 8. The Morgan fingerprint density at radius 2 is 0.943 bits per heavy atom. The predicted octanol–water partition coefficient (Wildman–Crippen LogP) is 12.8. The Kier molecular flexibility index (Phi) is 5.96. The summed E-state index contributed by atoms with van der Waals surface area (Å²) < 4.78 is 4.92. The minimum atomic E-state index is 0.734. The molecular weight excluding hydrogens is 665 g/mol. The lowest BCUT2D eigenvalue weighted by Crippen LogP contribution is -2.01. The topological polar surface area (TPSA) is 35.6 Å². The number of fused-ring (bicyclic) bond motifs is 12. The molecule has 0 saturated heterocycles. The third kappa shape index (κ3) is 4.03. The Labute approximate surface area is 308 Å². The van der Waals surface area contributed by atoms with Gasteiger partial charge < -0.3 is 9.13 Å². The second-order valence-corrected chi connectivity index (χ2v) is 14.8. The zero-order chi connectivity index (χ0) is 34.6. The molecule has 53 heavy (non-hydrogen) atoms. The van der Waals surface area contributed by atoms with Gasteiger partial charge in [0.25, 0.3) is 0 Å². The highest BCUT2D eigenvalue weighted by molar-refractivity contribution is 7.99. The normalized spacial score (nSPS) is 12.5. The number of rotatable bonds is 3. The first kappa shape index (κ1) is 28.9. The lowest BCUT2D eigenvalue weighted by molar-refractivity contribution is 1.15. The second kappa shape index (κ2) is 10.9. The van der Waals surface area contributed by atoms with E-state index >= 15 is 0 Å². The van der Waals surface area contributed by atoms with Gasteiger partial charge in [0.2, 0.25) is 0 Å². The summed E-state index contributed by atoms with van der Waals surface area (Å²) in [4.78, 5) is 12.8. The van der Waals surface area contributed by atoms with Crippen LogP contribution in [0, 0.1) is 0 Å². The van der Waals surface area contributed by atoms with E-state index in [-0.39, 0.29) is 0 Å². The molecule has 1 aliphatic rings. The molecule has 8 aromatic carbocycles. The molecule has 5 heteroatoms. The van der Waals surface area contributed by atoms with E-state index in [4.69, 9.17) is 9.97 Å². The average Bonchev–Trinajstić information content (AvgIpc) is 3.75. The summed E-state index contributed by atoms with van der Waals surface area (Å²) in [6, 6.07) is 61.1. The lowest BCUT2D eigenvalue weighted by Gasteiger charge is -2.19. The Bertz CT molecular complexity index is 3300. The van der Waals surface area contributed by atoms with E-state index in [0.29, 0.717) is 0 Å². The van der Waals surface area contributed by atoms with Crippen molar-refractivity contribution in [3.05, 3.63) is 170 Å². The van der Waals surface area contributed by atoms with Crippen LogP contribution in [0.1, 0.15) is 0 Å². The van der Waals surface area contributed by atoms with Gasteiger partial charge in [0.15, 0.2) is 5.82 Å². The smallest absolute Gasteiger partial charge is 0.160 e. The SMILES string of the molecule is c1ccc(-n2c3ccccc3c3c4ccccc4c4c5ccccc5n(-c5ccc(-c6nc7c8c(cccc8n6)Sc6ccccc6-7)cc5)c4c32)cc1. The van der Waals surface area contributed by atoms with Crippen LogP contribution in [0.5, 0.6) is 0 Å². The molecule has 1 aliphatic heterocycles. The molecular formula is C48H28N4S. The van der Waals surface area contributed by atoms with E-state index in [1.54, 1.807) is 11.8 Å². The number of nitrogens with zero attached hydrogens (tertiary/aromatic N) is 4. The van der Waals surface area contributed by atoms with Gasteiger partial charge in [-0.1, -0.05) is 115 Å². The average molecular weight is 693 g/mol. The number of para-hydroxylation sites is 3. The number of aromatic nitrogens is 4. The molecule has 0 atom stereocenters. The summed E-state index contributed by atoms with van der Waals surface area (Å²) >= 11 is 1.80. The van der Waals surface area contributed by atoms with E-state index in [2.05, 4.69) is 179 Å². The standard InChI is InChI=1S/C48H28N4S/c1-2-13-30(14-3-1)51-38-21-9-6-17-34(38)42-32-15-4-5-16-33(32)43-35-18-7-10-22-39(35)52(47(43)46(42)51)31-27-25-29(26-28-31)48-49-37-20-12-24-41-44(37)45(50-48)36-19-8-11-23-40(36)53-41/h1-28H. The van der Waals surface area contributed by atoms with Crippen molar-refractivity contribution in [2.24, 2.45) is 0 Å². The fourth-order valence-electron chi connectivity index (χ4n) is 8.70. The molecule has 4 nitrogen and oxygen atoms in total. The Hall–Kier alpha value is -6.69. The van der Waals surface area contributed by atoms with E-state index < -0.39 is 0 Å². The number of hydrogen-bond acceptors (Lipinski definition) is 3. The first-order valence-electron chi connectivity index (χ1n) is 17.9. The third-order valence-corrected chi connectivity index (χ3v) is 12.0. The summed E-state index contributed by atoms with van der Waals surface area (Å²) in [7, 11) is 0. The highest BCUT2D eigenvalue weighted by Crippen LogP contribution is 2.48. The summed E-state index contributed by atoms with van der Waals surface area (Å²) in [5.41, 5.74) is 11.1. The monoisotopic (exact) mass is 692 g/mol. The van der Waals surface area contributed by atoms with E-state index in [9.17, 15) is 0 Å². The van der Waals surface area contributed by atoms with Gasteiger partial charge in [0.05, 0.1) is 33.3 Å². The molecule has 0 N–H and O–H groups in total. The third-order valence-electron chi connectivity index (χ3n) is 10.9. The summed E-state index contributed by atoms with van der Waals surface area (Å²) in [5, 5.41) is 8.66. The van der Waals surface area contributed by atoms with Crippen LogP contribution >= 0.6 is 11.8 Å². The highest BCUT2D eigenvalue weighted by atomic mass is 32.2. The van der Waals surface area contributed by atoms with Gasteiger partial charge in [0, 0.05) is 59.2 Å². The summed E-state index contributed by atoms with van der Waals surface area (Å²) in [6.07, 6.45) is 0. The van der Waals surface area contributed by atoms with Gasteiger partial charge in [-0.3, -0.25) is 0 Å². The molecule has 0 aliphatic carbocycles.